The summed E-state index contributed by atoms with van der Waals surface area (Å²) in [6, 6.07) is 0. The standard InChI is InChI=1S/C16H36P.BrH.2HI/c1-5-9-13-17(14-10-6-2,15-11-7-3)16-12-8-4;;;/h5-16H2,1-4H3;3*1H/q+1;;;. The molecule has 0 aromatic heterocycles. The van der Waals surface area contributed by atoms with E-state index in [1.807, 2.05) is 0 Å². The van der Waals surface area contributed by atoms with E-state index in [2.05, 4.69) is 27.7 Å². The molecular formula is C16H39BrI2P+. The zero-order chi connectivity index (χ0) is 13.0. The summed E-state index contributed by atoms with van der Waals surface area (Å²) in [5, 5.41) is 0. The molecule has 0 aliphatic carbocycles. The van der Waals surface area contributed by atoms with E-state index < -0.39 is 7.26 Å². The number of unbranched alkanes of at least 4 members (excludes halogenated alkanes) is 4. The van der Waals surface area contributed by atoms with E-state index in [4.69, 9.17) is 0 Å². The zero-order valence-electron chi connectivity index (χ0n) is 14.2. The maximum Gasteiger partial charge on any atom is 0.0594 e. The van der Waals surface area contributed by atoms with Crippen molar-refractivity contribution in [2.24, 2.45) is 0 Å². The van der Waals surface area contributed by atoms with Gasteiger partial charge in [-0.05, 0) is 25.7 Å². The van der Waals surface area contributed by atoms with Gasteiger partial charge >= 0.3 is 0 Å². The molecule has 0 unspecified atom stereocenters. The molecule has 20 heavy (non-hydrogen) atoms. The quantitative estimate of drug-likeness (QED) is 0.158. The molecule has 0 aromatic rings. The molecule has 4 heteroatoms. The van der Waals surface area contributed by atoms with Crippen molar-refractivity contribution in [3.8, 4) is 0 Å². The lowest BCUT2D eigenvalue weighted by molar-refractivity contribution is 0.814. The van der Waals surface area contributed by atoms with Crippen LogP contribution in [0.2, 0.25) is 0 Å². The van der Waals surface area contributed by atoms with Crippen LogP contribution >= 0.6 is 72.2 Å². The van der Waals surface area contributed by atoms with Gasteiger partial charge in [-0.2, -0.15) is 0 Å². The van der Waals surface area contributed by atoms with Crippen LogP contribution in [0, 0.1) is 0 Å². The first-order valence-electron chi connectivity index (χ1n) is 8.09. The molecule has 128 valence electrons. The summed E-state index contributed by atoms with van der Waals surface area (Å²) in [6.07, 6.45) is 17.9. The van der Waals surface area contributed by atoms with Gasteiger partial charge in [-0.25, -0.2) is 0 Å². The number of rotatable bonds is 12. The van der Waals surface area contributed by atoms with Gasteiger partial charge in [0.1, 0.15) is 0 Å². The molecule has 0 saturated heterocycles. The average Bonchev–Trinajstić information content (AvgIpc) is 2.37. The van der Waals surface area contributed by atoms with E-state index in [0.717, 1.165) is 0 Å². The smallest absolute Gasteiger partial charge is 0.0594 e. The molecule has 0 heterocycles. The Labute approximate surface area is 174 Å². The van der Waals surface area contributed by atoms with Gasteiger partial charge in [-0.15, -0.1) is 64.9 Å². The zero-order valence-corrected chi connectivity index (χ0v) is 21.4. The van der Waals surface area contributed by atoms with Crippen LogP contribution in [0.15, 0.2) is 0 Å². The molecule has 0 spiro atoms. The van der Waals surface area contributed by atoms with Crippen LogP contribution in [0.3, 0.4) is 0 Å². The van der Waals surface area contributed by atoms with E-state index in [-0.39, 0.29) is 64.9 Å². The molecule has 0 aliphatic rings. The Morgan fingerprint density at radius 2 is 0.700 bits per heavy atom. The predicted octanol–water partition coefficient (Wildman–Crippen LogP) is 8.02. The van der Waals surface area contributed by atoms with Crippen LogP contribution in [-0.2, 0) is 0 Å². The average molecular weight is 596 g/mol. The third-order valence-corrected chi connectivity index (χ3v) is 9.00. The Balaban J connectivity index is -0.000000427. The molecule has 0 aliphatic heterocycles. The van der Waals surface area contributed by atoms with Crippen LogP contribution in [0.4, 0.5) is 0 Å². The van der Waals surface area contributed by atoms with Gasteiger partial charge in [0.2, 0.25) is 0 Å². The van der Waals surface area contributed by atoms with Crippen molar-refractivity contribution in [2.75, 3.05) is 24.6 Å². The van der Waals surface area contributed by atoms with Crippen LogP contribution in [0.25, 0.3) is 0 Å². The first kappa shape index (κ1) is 30.3. The van der Waals surface area contributed by atoms with Crippen LogP contribution in [0.5, 0.6) is 0 Å². The van der Waals surface area contributed by atoms with Crippen molar-refractivity contribution in [3.63, 3.8) is 0 Å². The van der Waals surface area contributed by atoms with Gasteiger partial charge < -0.3 is 0 Å². The van der Waals surface area contributed by atoms with Gasteiger partial charge in [0.15, 0.2) is 0 Å². The summed E-state index contributed by atoms with van der Waals surface area (Å²) < 4.78 is 0. The molecule has 0 rings (SSSR count). The molecule has 0 aromatic carbocycles. The van der Waals surface area contributed by atoms with Gasteiger partial charge in [-0.3, -0.25) is 0 Å². The fourth-order valence-electron chi connectivity index (χ4n) is 2.64. The second-order valence-electron chi connectivity index (χ2n) is 5.65. The fraction of sp³-hybridized carbons (Fsp3) is 1.00. The molecule has 0 fully saturated rings. The SMILES string of the molecule is Br.CCCC[P+](CCCC)(CCCC)CCCC.I.I. The Bertz CT molecular complexity index is 131. The molecule has 0 bridgehead atoms. The Morgan fingerprint density at radius 1 is 0.500 bits per heavy atom. The molecule has 0 nitrogen and oxygen atoms in total. The van der Waals surface area contributed by atoms with Crippen molar-refractivity contribution in [1.29, 1.82) is 0 Å². The van der Waals surface area contributed by atoms with Crippen molar-refractivity contribution in [1.82, 2.24) is 0 Å². The maximum absolute atomic E-state index is 2.36. The lowest BCUT2D eigenvalue weighted by atomic mass is 10.4. The monoisotopic (exact) mass is 595 g/mol. The minimum atomic E-state index is -0.562. The number of hydrogen-bond acceptors (Lipinski definition) is 0. The normalized spacial score (nSPS) is 10.2. The summed E-state index contributed by atoms with van der Waals surface area (Å²) in [7, 11) is -0.562. The first-order valence-corrected chi connectivity index (χ1v) is 10.6. The molecule has 0 atom stereocenters. The number of halogens is 3. The molecule has 0 N–H and O–H groups in total. The van der Waals surface area contributed by atoms with Crippen LogP contribution in [-0.4, -0.2) is 24.6 Å². The minimum Gasteiger partial charge on any atom is -0.114 e. The number of hydrogen-bond donors (Lipinski definition) is 0. The van der Waals surface area contributed by atoms with Crippen molar-refractivity contribution >= 4 is 72.2 Å². The Hall–Kier alpha value is 2.37. The largest absolute Gasteiger partial charge is 0.114 e. The predicted molar refractivity (Wildman–Crippen MR) is 127 cm³/mol. The van der Waals surface area contributed by atoms with Crippen molar-refractivity contribution in [2.45, 2.75) is 79.1 Å². The molecule has 0 saturated carbocycles. The highest BCUT2D eigenvalue weighted by Crippen LogP contribution is 2.61. The van der Waals surface area contributed by atoms with Crippen molar-refractivity contribution in [3.05, 3.63) is 0 Å². The highest BCUT2D eigenvalue weighted by Gasteiger charge is 2.34. The summed E-state index contributed by atoms with van der Waals surface area (Å²) in [6.45, 7) is 9.42. The van der Waals surface area contributed by atoms with Crippen LogP contribution in [0.1, 0.15) is 79.1 Å². The minimum absolute atomic E-state index is 0. The topological polar surface area (TPSA) is 0 Å². The second-order valence-corrected chi connectivity index (χ2v) is 10.1. The van der Waals surface area contributed by atoms with E-state index in [9.17, 15) is 0 Å². The molecular weight excluding hydrogens is 557 g/mol. The van der Waals surface area contributed by atoms with E-state index in [1.165, 1.54) is 51.4 Å². The lowest BCUT2D eigenvalue weighted by Crippen LogP contribution is -2.12. The molecule has 0 amide bonds. The Kier molecular flexibility index (Phi) is 32.3. The van der Waals surface area contributed by atoms with E-state index >= 15 is 0 Å². The van der Waals surface area contributed by atoms with E-state index in [1.54, 1.807) is 24.6 Å². The maximum atomic E-state index is 2.36. The van der Waals surface area contributed by atoms with Gasteiger partial charge in [0.05, 0.1) is 24.6 Å². The summed E-state index contributed by atoms with van der Waals surface area (Å²) >= 11 is 0. The highest BCUT2D eigenvalue weighted by molar-refractivity contribution is 14.0. The third-order valence-electron chi connectivity index (χ3n) is 3.94. The summed E-state index contributed by atoms with van der Waals surface area (Å²) in [4.78, 5) is 0. The van der Waals surface area contributed by atoms with Gasteiger partial charge in [-0.1, -0.05) is 53.4 Å². The van der Waals surface area contributed by atoms with Crippen molar-refractivity contribution < 1.29 is 0 Å². The third kappa shape index (κ3) is 15.3. The second kappa shape index (κ2) is 21.4. The van der Waals surface area contributed by atoms with E-state index in [0.29, 0.717) is 0 Å². The molecule has 0 radical (unpaired) electrons. The van der Waals surface area contributed by atoms with Gasteiger partial charge in [0, 0.05) is 7.26 Å². The fourth-order valence-corrected chi connectivity index (χ4v) is 7.93. The van der Waals surface area contributed by atoms with Crippen LogP contribution < -0.4 is 0 Å². The Morgan fingerprint density at radius 3 is 0.850 bits per heavy atom. The summed E-state index contributed by atoms with van der Waals surface area (Å²) in [5.41, 5.74) is 0. The first-order chi connectivity index (χ1) is 8.24. The van der Waals surface area contributed by atoms with Gasteiger partial charge in [0.25, 0.3) is 0 Å². The lowest BCUT2D eigenvalue weighted by Gasteiger charge is -2.28. The highest BCUT2D eigenvalue weighted by atomic mass is 127. The summed E-state index contributed by atoms with van der Waals surface area (Å²) in [5.74, 6) is 0.